The first-order valence-corrected chi connectivity index (χ1v) is 8.48. The summed E-state index contributed by atoms with van der Waals surface area (Å²) in [5.74, 6) is 0.842. The zero-order chi connectivity index (χ0) is 15.7. The lowest BCUT2D eigenvalue weighted by molar-refractivity contribution is -0.121. The molecular weight excluding hydrogens is 286 g/mol. The van der Waals surface area contributed by atoms with Gasteiger partial charge in [0.25, 0.3) is 0 Å². The highest BCUT2D eigenvalue weighted by molar-refractivity contribution is 7.99. The Morgan fingerprint density at radius 1 is 1.48 bits per heavy atom. The third-order valence-corrected chi connectivity index (χ3v) is 4.40. The Bertz CT molecular complexity index is 435. The molecule has 0 aliphatic heterocycles. The van der Waals surface area contributed by atoms with Gasteiger partial charge in [0.15, 0.2) is 0 Å². The Morgan fingerprint density at radius 3 is 2.86 bits per heavy atom. The van der Waals surface area contributed by atoms with Crippen molar-refractivity contribution in [3.05, 3.63) is 29.8 Å². The van der Waals surface area contributed by atoms with Gasteiger partial charge in [0, 0.05) is 17.7 Å². The molecule has 0 saturated carbocycles. The van der Waals surface area contributed by atoms with Gasteiger partial charge in [-0.2, -0.15) is 11.8 Å². The van der Waals surface area contributed by atoms with Crippen LogP contribution < -0.4 is 10.1 Å². The second-order valence-corrected chi connectivity index (χ2v) is 6.16. The van der Waals surface area contributed by atoms with E-state index in [0.717, 1.165) is 11.3 Å². The van der Waals surface area contributed by atoms with E-state index in [9.17, 15) is 9.90 Å². The molecule has 1 aromatic rings. The van der Waals surface area contributed by atoms with Crippen LogP contribution in [-0.2, 0) is 4.79 Å². The van der Waals surface area contributed by atoms with E-state index in [1.54, 1.807) is 11.8 Å². The Morgan fingerprint density at radius 2 is 2.24 bits per heavy atom. The van der Waals surface area contributed by atoms with E-state index in [-0.39, 0.29) is 23.8 Å². The van der Waals surface area contributed by atoms with Crippen LogP contribution in [0.3, 0.4) is 0 Å². The zero-order valence-electron chi connectivity index (χ0n) is 13.0. The van der Waals surface area contributed by atoms with Crippen LogP contribution in [0.5, 0.6) is 5.75 Å². The van der Waals surface area contributed by atoms with E-state index >= 15 is 0 Å². The lowest BCUT2D eigenvalue weighted by atomic mass is 10.2. The smallest absolute Gasteiger partial charge is 0.220 e. The summed E-state index contributed by atoms with van der Waals surface area (Å²) in [7, 11) is 0. The van der Waals surface area contributed by atoms with Crippen LogP contribution in [-0.4, -0.2) is 41.8 Å². The summed E-state index contributed by atoms with van der Waals surface area (Å²) < 4.78 is 5.61. The van der Waals surface area contributed by atoms with Gasteiger partial charge in [-0.3, -0.25) is 4.79 Å². The van der Waals surface area contributed by atoms with Gasteiger partial charge in [-0.1, -0.05) is 12.1 Å². The molecule has 1 rings (SSSR count). The van der Waals surface area contributed by atoms with E-state index < -0.39 is 0 Å². The van der Waals surface area contributed by atoms with Gasteiger partial charge in [-0.25, -0.2) is 0 Å². The summed E-state index contributed by atoms with van der Waals surface area (Å²) in [6, 6.07) is 7.84. The van der Waals surface area contributed by atoms with Crippen LogP contribution >= 0.6 is 11.8 Å². The minimum atomic E-state index is -0.0322. The summed E-state index contributed by atoms with van der Waals surface area (Å²) in [6.45, 7) is 4.53. The molecule has 0 aromatic heterocycles. The molecule has 0 aliphatic rings. The number of aliphatic hydroxyl groups excluding tert-OH is 1. The lowest BCUT2D eigenvalue weighted by Gasteiger charge is -2.21. The van der Waals surface area contributed by atoms with Crippen LogP contribution in [0.2, 0.25) is 0 Å². The van der Waals surface area contributed by atoms with Gasteiger partial charge in [0.2, 0.25) is 5.91 Å². The van der Waals surface area contributed by atoms with Gasteiger partial charge in [-0.05, 0) is 44.2 Å². The number of carbonyl (C=O) groups is 1. The van der Waals surface area contributed by atoms with Crippen LogP contribution in [0, 0.1) is 6.92 Å². The Balaban J connectivity index is 2.21. The second kappa shape index (κ2) is 9.68. The third kappa shape index (κ3) is 6.87. The number of hydrogen-bond acceptors (Lipinski definition) is 4. The highest BCUT2D eigenvalue weighted by Crippen LogP contribution is 2.13. The predicted octanol–water partition coefficient (Wildman–Crippen LogP) is 2.38. The van der Waals surface area contributed by atoms with Gasteiger partial charge in [0.1, 0.15) is 5.75 Å². The summed E-state index contributed by atoms with van der Waals surface area (Å²) >= 11 is 1.56. The van der Waals surface area contributed by atoms with Crippen molar-refractivity contribution >= 4 is 17.7 Å². The van der Waals surface area contributed by atoms with Crippen LogP contribution in [0.15, 0.2) is 24.3 Å². The maximum absolute atomic E-state index is 11.8. The van der Waals surface area contributed by atoms with Crippen molar-refractivity contribution in [1.82, 2.24) is 5.32 Å². The number of aryl methyl sites for hydroxylation is 1. The average molecular weight is 311 g/mol. The highest BCUT2D eigenvalue weighted by atomic mass is 32.2. The molecule has 0 radical (unpaired) electrons. The molecule has 1 amide bonds. The standard InChI is InChI=1S/C16H25NO3S/c1-12-6-4-7-14(10-12)20-9-5-8-16(19)17-13(2)15(11-18)21-3/h4,6-7,10,13,15,18H,5,8-9,11H2,1-3H3,(H,17,19). The minimum Gasteiger partial charge on any atom is -0.494 e. The van der Waals surface area contributed by atoms with E-state index in [1.165, 1.54) is 0 Å². The molecule has 0 saturated heterocycles. The van der Waals surface area contributed by atoms with E-state index in [1.807, 2.05) is 44.4 Å². The highest BCUT2D eigenvalue weighted by Gasteiger charge is 2.16. The lowest BCUT2D eigenvalue weighted by Crippen LogP contribution is -2.41. The van der Waals surface area contributed by atoms with Crippen molar-refractivity contribution < 1.29 is 14.6 Å². The molecule has 0 heterocycles. The van der Waals surface area contributed by atoms with Crippen molar-refractivity contribution in [1.29, 1.82) is 0 Å². The molecule has 118 valence electrons. The predicted molar refractivity (Wildman–Crippen MR) is 87.9 cm³/mol. The summed E-state index contributed by atoms with van der Waals surface area (Å²) in [6.07, 6.45) is 3.04. The van der Waals surface area contributed by atoms with E-state index in [2.05, 4.69) is 5.32 Å². The monoisotopic (exact) mass is 311 g/mol. The Hall–Kier alpha value is -1.20. The second-order valence-electron chi connectivity index (χ2n) is 5.08. The molecular formula is C16H25NO3S. The number of thioether (sulfide) groups is 1. The Kier molecular flexibility index (Phi) is 8.23. The first-order valence-electron chi connectivity index (χ1n) is 7.19. The fraction of sp³-hybridized carbons (Fsp3) is 0.562. The zero-order valence-corrected chi connectivity index (χ0v) is 13.8. The van der Waals surface area contributed by atoms with E-state index in [4.69, 9.17) is 4.74 Å². The molecule has 0 bridgehead atoms. The van der Waals surface area contributed by atoms with Crippen molar-refractivity contribution in [2.45, 2.75) is 38.0 Å². The van der Waals surface area contributed by atoms with Crippen molar-refractivity contribution in [2.24, 2.45) is 0 Å². The van der Waals surface area contributed by atoms with Gasteiger partial charge in [0.05, 0.1) is 13.2 Å². The van der Waals surface area contributed by atoms with Crippen molar-refractivity contribution in [3.63, 3.8) is 0 Å². The first-order chi connectivity index (χ1) is 10.1. The van der Waals surface area contributed by atoms with Crippen LogP contribution in [0.4, 0.5) is 0 Å². The molecule has 2 N–H and O–H groups in total. The van der Waals surface area contributed by atoms with Crippen molar-refractivity contribution in [2.75, 3.05) is 19.5 Å². The van der Waals surface area contributed by atoms with Gasteiger partial charge >= 0.3 is 0 Å². The van der Waals surface area contributed by atoms with Crippen LogP contribution in [0.25, 0.3) is 0 Å². The Labute approximate surface area is 131 Å². The quantitative estimate of drug-likeness (QED) is 0.688. The van der Waals surface area contributed by atoms with Crippen LogP contribution in [0.1, 0.15) is 25.3 Å². The fourth-order valence-corrected chi connectivity index (χ4v) is 2.61. The number of aliphatic hydroxyl groups is 1. The normalized spacial score (nSPS) is 13.5. The SMILES string of the molecule is CSC(CO)C(C)NC(=O)CCCOc1cccc(C)c1. The molecule has 4 nitrogen and oxygen atoms in total. The number of amides is 1. The number of carbonyl (C=O) groups excluding carboxylic acids is 1. The molecule has 0 spiro atoms. The van der Waals surface area contributed by atoms with Gasteiger partial charge < -0.3 is 15.2 Å². The van der Waals surface area contributed by atoms with Crippen molar-refractivity contribution in [3.8, 4) is 5.75 Å². The molecule has 2 atom stereocenters. The first kappa shape index (κ1) is 17.9. The maximum atomic E-state index is 11.8. The molecule has 21 heavy (non-hydrogen) atoms. The number of ether oxygens (including phenoxy) is 1. The molecule has 1 aromatic carbocycles. The molecule has 2 unspecified atom stereocenters. The summed E-state index contributed by atoms with van der Waals surface area (Å²) in [5.41, 5.74) is 1.16. The van der Waals surface area contributed by atoms with Gasteiger partial charge in [-0.15, -0.1) is 0 Å². The minimum absolute atomic E-state index is 0.00263. The maximum Gasteiger partial charge on any atom is 0.220 e. The third-order valence-electron chi connectivity index (χ3n) is 3.24. The molecule has 0 fully saturated rings. The number of hydrogen-bond donors (Lipinski definition) is 2. The number of benzene rings is 1. The summed E-state index contributed by atoms with van der Waals surface area (Å²) in [5, 5.41) is 12.1. The largest absolute Gasteiger partial charge is 0.494 e. The number of nitrogens with one attached hydrogen (secondary N) is 1. The molecule has 5 heteroatoms. The summed E-state index contributed by atoms with van der Waals surface area (Å²) in [4.78, 5) is 11.8. The fourth-order valence-electron chi connectivity index (χ4n) is 1.98. The number of rotatable bonds is 9. The average Bonchev–Trinajstić information content (AvgIpc) is 2.45. The van der Waals surface area contributed by atoms with E-state index in [0.29, 0.717) is 19.4 Å². The molecule has 0 aliphatic carbocycles. The topological polar surface area (TPSA) is 58.6 Å².